The van der Waals surface area contributed by atoms with Crippen molar-refractivity contribution in [1.29, 1.82) is 0 Å². The molecule has 24 heavy (non-hydrogen) atoms. The molecular weight excluding hydrogens is 330 g/mol. The average Bonchev–Trinajstić information content (AvgIpc) is 2.60. The average molecular weight is 344 g/mol. The van der Waals surface area contributed by atoms with E-state index in [2.05, 4.69) is 15.3 Å². The van der Waals surface area contributed by atoms with Crippen molar-refractivity contribution < 1.29 is 9.53 Å². The summed E-state index contributed by atoms with van der Waals surface area (Å²) in [4.78, 5) is 30.9. The van der Waals surface area contributed by atoms with E-state index >= 15 is 0 Å². The van der Waals surface area contributed by atoms with Crippen LogP contribution in [-0.2, 0) is 6.54 Å². The number of halogens is 1. The lowest BCUT2D eigenvalue weighted by Gasteiger charge is -2.07. The molecule has 0 aliphatic heterocycles. The molecule has 0 aliphatic carbocycles. The number of carbonyl (C=O) groups is 1. The van der Waals surface area contributed by atoms with E-state index in [1.807, 2.05) is 24.3 Å². The zero-order valence-corrected chi connectivity index (χ0v) is 13.6. The number of fused-ring (bicyclic) bond motifs is 1. The molecule has 1 amide bonds. The highest BCUT2D eigenvalue weighted by molar-refractivity contribution is 6.31. The zero-order valence-electron chi connectivity index (χ0n) is 12.8. The minimum absolute atomic E-state index is 0.0438. The van der Waals surface area contributed by atoms with Crippen LogP contribution in [0.25, 0.3) is 10.9 Å². The SMILES string of the molecule is COc1cccc(CNC(=O)c2nc3ccc(Cl)cc3c(=O)[nH]2)c1. The molecule has 0 unspecified atom stereocenters. The van der Waals surface area contributed by atoms with E-state index in [0.29, 0.717) is 28.2 Å². The number of aromatic amines is 1. The molecule has 0 spiro atoms. The number of rotatable bonds is 4. The molecule has 1 heterocycles. The van der Waals surface area contributed by atoms with Crippen molar-refractivity contribution in [3.05, 3.63) is 69.2 Å². The van der Waals surface area contributed by atoms with Crippen LogP contribution in [0.1, 0.15) is 16.2 Å². The molecule has 0 radical (unpaired) electrons. The fraction of sp³-hybridized carbons (Fsp3) is 0.118. The Morgan fingerprint density at radius 3 is 2.92 bits per heavy atom. The van der Waals surface area contributed by atoms with E-state index in [1.165, 1.54) is 6.07 Å². The lowest BCUT2D eigenvalue weighted by Crippen LogP contribution is -2.27. The normalized spacial score (nSPS) is 10.6. The smallest absolute Gasteiger partial charge is 0.287 e. The van der Waals surface area contributed by atoms with Crippen LogP contribution in [-0.4, -0.2) is 23.0 Å². The Labute approximate surface area is 142 Å². The molecular formula is C17H14ClN3O3. The number of amides is 1. The molecule has 7 heteroatoms. The summed E-state index contributed by atoms with van der Waals surface area (Å²) in [6, 6.07) is 12.1. The summed E-state index contributed by atoms with van der Waals surface area (Å²) in [5.74, 6) is 0.195. The molecule has 0 bridgehead atoms. The summed E-state index contributed by atoms with van der Waals surface area (Å²) in [6.07, 6.45) is 0. The third-order valence-corrected chi connectivity index (χ3v) is 3.70. The highest BCUT2D eigenvalue weighted by atomic mass is 35.5. The number of hydrogen-bond donors (Lipinski definition) is 2. The van der Waals surface area contributed by atoms with Crippen molar-refractivity contribution in [2.75, 3.05) is 7.11 Å². The number of carbonyl (C=O) groups excluding carboxylic acids is 1. The number of ether oxygens (including phenoxy) is 1. The predicted molar refractivity (Wildman–Crippen MR) is 91.5 cm³/mol. The Bertz CT molecular complexity index is 969. The first-order chi connectivity index (χ1) is 11.6. The summed E-state index contributed by atoms with van der Waals surface area (Å²) < 4.78 is 5.14. The van der Waals surface area contributed by atoms with Crippen LogP contribution in [0.3, 0.4) is 0 Å². The largest absolute Gasteiger partial charge is 0.497 e. The van der Waals surface area contributed by atoms with Crippen LogP contribution in [0.15, 0.2) is 47.3 Å². The summed E-state index contributed by atoms with van der Waals surface area (Å²) in [7, 11) is 1.58. The predicted octanol–water partition coefficient (Wildman–Crippen LogP) is 2.52. The maximum Gasteiger partial charge on any atom is 0.287 e. The minimum Gasteiger partial charge on any atom is -0.497 e. The lowest BCUT2D eigenvalue weighted by molar-refractivity contribution is 0.0940. The molecule has 3 aromatic rings. The molecule has 122 valence electrons. The topological polar surface area (TPSA) is 84.1 Å². The van der Waals surface area contributed by atoms with Gasteiger partial charge in [-0.2, -0.15) is 0 Å². The van der Waals surface area contributed by atoms with Crippen LogP contribution >= 0.6 is 11.6 Å². The number of nitrogens with one attached hydrogen (secondary N) is 2. The van der Waals surface area contributed by atoms with Gasteiger partial charge in [0, 0.05) is 11.6 Å². The Morgan fingerprint density at radius 1 is 1.29 bits per heavy atom. The molecule has 0 aliphatic rings. The first-order valence-corrected chi connectivity index (χ1v) is 7.55. The third-order valence-electron chi connectivity index (χ3n) is 3.47. The Kier molecular flexibility index (Phi) is 4.48. The van der Waals surface area contributed by atoms with Gasteiger partial charge in [-0.1, -0.05) is 23.7 Å². The maximum absolute atomic E-state index is 12.2. The van der Waals surface area contributed by atoms with Crippen LogP contribution < -0.4 is 15.6 Å². The van der Waals surface area contributed by atoms with E-state index in [1.54, 1.807) is 19.2 Å². The Morgan fingerprint density at radius 2 is 2.12 bits per heavy atom. The van der Waals surface area contributed by atoms with Gasteiger partial charge >= 0.3 is 0 Å². The first-order valence-electron chi connectivity index (χ1n) is 7.17. The van der Waals surface area contributed by atoms with Crippen molar-refractivity contribution >= 4 is 28.4 Å². The van der Waals surface area contributed by atoms with E-state index in [-0.39, 0.29) is 5.82 Å². The lowest BCUT2D eigenvalue weighted by atomic mass is 10.2. The summed E-state index contributed by atoms with van der Waals surface area (Å²) in [5, 5.41) is 3.49. The molecule has 0 saturated heterocycles. The monoisotopic (exact) mass is 343 g/mol. The van der Waals surface area contributed by atoms with E-state index in [9.17, 15) is 9.59 Å². The molecule has 0 saturated carbocycles. The van der Waals surface area contributed by atoms with Gasteiger partial charge in [0.15, 0.2) is 5.82 Å². The van der Waals surface area contributed by atoms with Crippen LogP contribution in [0, 0.1) is 0 Å². The number of aromatic nitrogens is 2. The van der Waals surface area contributed by atoms with Gasteiger partial charge in [0.25, 0.3) is 11.5 Å². The fourth-order valence-corrected chi connectivity index (χ4v) is 2.44. The van der Waals surface area contributed by atoms with Crippen molar-refractivity contribution in [2.24, 2.45) is 0 Å². The number of methoxy groups -OCH3 is 1. The summed E-state index contributed by atoms with van der Waals surface area (Å²) >= 11 is 5.87. The van der Waals surface area contributed by atoms with Gasteiger partial charge in [0.2, 0.25) is 0 Å². The maximum atomic E-state index is 12.2. The third kappa shape index (κ3) is 3.38. The Balaban J connectivity index is 1.81. The molecule has 6 nitrogen and oxygen atoms in total. The number of nitrogens with zero attached hydrogens (tertiary/aromatic N) is 1. The summed E-state index contributed by atoms with van der Waals surface area (Å²) in [6.45, 7) is 0.290. The van der Waals surface area contributed by atoms with E-state index < -0.39 is 11.5 Å². The van der Waals surface area contributed by atoms with Crippen LogP contribution in [0.4, 0.5) is 0 Å². The second-order valence-corrected chi connectivity index (χ2v) is 5.55. The second kappa shape index (κ2) is 6.72. The van der Waals surface area contributed by atoms with Crippen molar-refractivity contribution in [3.8, 4) is 5.75 Å². The molecule has 3 rings (SSSR count). The van der Waals surface area contributed by atoms with Gasteiger partial charge in [-0.15, -0.1) is 0 Å². The van der Waals surface area contributed by atoms with Gasteiger partial charge in [-0.05, 0) is 35.9 Å². The van der Waals surface area contributed by atoms with Crippen molar-refractivity contribution in [1.82, 2.24) is 15.3 Å². The fourth-order valence-electron chi connectivity index (χ4n) is 2.27. The van der Waals surface area contributed by atoms with Gasteiger partial charge in [0.05, 0.1) is 18.0 Å². The van der Waals surface area contributed by atoms with E-state index in [4.69, 9.17) is 16.3 Å². The van der Waals surface area contributed by atoms with Crippen molar-refractivity contribution in [3.63, 3.8) is 0 Å². The standard InChI is InChI=1S/C17H14ClN3O3/c1-24-12-4-2-3-10(7-12)9-19-17(23)15-20-14-6-5-11(18)8-13(14)16(22)21-15/h2-8H,9H2,1H3,(H,19,23)(H,20,21,22). The Hall–Kier alpha value is -2.86. The minimum atomic E-state index is -0.466. The van der Waals surface area contributed by atoms with Crippen LogP contribution in [0.2, 0.25) is 5.02 Å². The van der Waals surface area contributed by atoms with Gasteiger partial charge in [0.1, 0.15) is 5.75 Å². The van der Waals surface area contributed by atoms with Gasteiger partial charge in [-0.3, -0.25) is 9.59 Å². The quantitative estimate of drug-likeness (QED) is 0.762. The van der Waals surface area contributed by atoms with Gasteiger partial charge in [-0.25, -0.2) is 4.98 Å². The number of H-pyrrole nitrogens is 1. The highest BCUT2D eigenvalue weighted by Crippen LogP contribution is 2.15. The molecule has 2 N–H and O–H groups in total. The van der Waals surface area contributed by atoms with Crippen LogP contribution in [0.5, 0.6) is 5.75 Å². The second-order valence-electron chi connectivity index (χ2n) is 5.11. The van der Waals surface area contributed by atoms with E-state index in [0.717, 1.165) is 5.56 Å². The van der Waals surface area contributed by atoms with Gasteiger partial charge < -0.3 is 15.0 Å². The highest BCUT2D eigenvalue weighted by Gasteiger charge is 2.11. The molecule has 0 fully saturated rings. The first kappa shape index (κ1) is 16.0. The van der Waals surface area contributed by atoms with Crippen molar-refractivity contribution in [2.45, 2.75) is 6.54 Å². The number of benzene rings is 2. The molecule has 2 aromatic carbocycles. The number of hydrogen-bond acceptors (Lipinski definition) is 4. The molecule has 1 aromatic heterocycles. The molecule has 0 atom stereocenters. The summed E-state index contributed by atoms with van der Waals surface area (Å²) in [5.41, 5.74) is 0.876. The zero-order chi connectivity index (χ0) is 17.1.